The minimum absolute atomic E-state index is 0.122. The van der Waals surface area contributed by atoms with E-state index in [1.165, 1.54) is 18.2 Å². The van der Waals surface area contributed by atoms with E-state index in [1.807, 2.05) is 0 Å². The summed E-state index contributed by atoms with van der Waals surface area (Å²) in [6.07, 6.45) is -3.02. The number of carbonyl (C=O) groups excluding carboxylic acids is 1. The highest BCUT2D eigenvalue weighted by Crippen LogP contribution is 2.35. The van der Waals surface area contributed by atoms with Gasteiger partial charge in [-0.15, -0.1) is 0 Å². The standard InChI is InChI=1S/C26H20ClF4N5O2/c27-19-4-1-15(11-18(19)26(29,30)31)25(37)34-16-2-5-20(28)23(12-16)38-17-3-6-21-22(13-17)35-24(14-33-21)36-9-7-32-8-10-36/h1-6,11-14,32H,7-10H2,(H,34,37). The van der Waals surface area contributed by atoms with Gasteiger partial charge in [0.2, 0.25) is 0 Å². The second kappa shape index (κ2) is 10.4. The number of fused-ring (bicyclic) bond motifs is 1. The number of halogens is 5. The van der Waals surface area contributed by atoms with E-state index in [9.17, 15) is 22.4 Å². The second-order valence-corrected chi connectivity index (χ2v) is 8.92. The van der Waals surface area contributed by atoms with Crippen molar-refractivity contribution in [2.75, 3.05) is 36.4 Å². The van der Waals surface area contributed by atoms with Crippen LogP contribution in [0.1, 0.15) is 15.9 Å². The molecule has 0 saturated carbocycles. The Morgan fingerprint density at radius 1 is 1.03 bits per heavy atom. The van der Waals surface area contributed by atoms with Gasteiger partial charge in [0.15, 0.2) is 11.6 Å². The van der Waals surface area contributed by atoms with Gasteiger partial charge in [0.1, 0.15) is 11.6 Å². The Balaban J connectivity index is 1.35. The molecular weight excluding hydrogens is 526 g/mol. The third kappa shape index (κ3) is 5.63. The van der Waals surface area contributed by atoms with Crippen molar-refractivity contribution in [3.8, 4) is 11.5 Å². The van der Waals surface area contributed by atoms with E-state index in [2.05, 4.69) is 25.5 Å². The van der Waals surface area contributed by atoms with Crippen LogP contribution in [0.4, 0.5) is 29.1 Å². The van der Waals surface area contributed by atoms with Crippen molar-refractivity contribution in [3.63, 3.8) is 0 Å². The number of anilines is 2. The van der Waals surface area contributed by atoms with Crippen LogP contribution in [0.3, 0.4) is 0 Å². The number of benzene rings is 3. The number of nitrogens with zero attached hydrogens (tertiary/aromatic N) is 3. The van der Waals surface area contributed by atoms with Crippen LogP contribution in [0.2, 0.25) is 5.02 Å². The van der Waals surface area contributed by atoms with Gasteiger partial charge < -0.3 is 20.3 Å². The molecule has 0 atom stereocenters. The molecule has 0 bridgehead atoms. The summed E-state index contributed by atoms with van der Waals surface area (Å²) in [7, 11) is 0. The molecule has 0 radical (unpaired) electrons. The predicted octanol–water partition coefficient (Wildman–Crippen LogP) is 5.90. The van der Waals surface area contributed by atoms with Gasteiger partial charge in [0.25, 0.3) is 5.91 Å². The molecule has 1 saturated heterocycles. The van der Waals surface area contributed by atoms with Crippen LogP contribution in [-0.4, -0.2) is 42.1 Å². The van der Waals surface area contributed by atoms with E-state index in [0.717, 1.165) is 44.1 Å². The number of aromatic nitrogens is 2. The first-order valence-corrected chi connectivity index (χ1v) is 11.9. The molecule has 38 heavy (non-hydrogen) atoms. The number of amides is 1. The van der Waals surface area contributed by atoms with Gasteiger partial charge in [-0.25, -0.2) is 9.37 Å². The first-order chi connectivity index (χ1) is 18.2. The zero-order valence-electron chi connectivity index (χ0n) is 19.6. The third-order valence-corrected chi connectivity index (χ3v) is 6.22. The molecule has 0 unspecified atom stereocenters. The summed E-state index contributed by atoms with van der Waals surface area (Å²) in [5, 5.41) is 5.21. The summed E-state index contributed by atoms with van der Waals surface area (Å²) in [6, 6.07) is 11.3. The number of rotatable bonds is 5. The van der Waals surface area contributed by atoms with E-state index in [1.54, 1.807) is 24.4 Å². The summed E-state index contributed by atoms with van der Waals surface area (Å²) in [6.45, 7) is 3.29. The van der Waals surface area contributed by atoms with E-state index in [4.69, 9.17) is 16.3 Å². The fraction of sp³-hybridized carbons (Fsp3) is 0.192. The fourth-order valence-electron chi connectivity index (χ4n) is 3.96. The van der Waals surface area contributed by atoms with Crippen LogP contribution >= 0.6 is 11.6 Å². The highest BCUT2D eigenvalue weighted by atomic mass is 35.5. The Hall–Kier alpha value is -3.96. The van der Waals surface area contributed by atoms with Crippen LogP contribution in [0.15, 0.2) is 60.8 Å². The van der Waals surface area contributed by atoms with Gasteiger partial charge in [-0.3, -0.25) is 9.78 Å². The maximum atomic E-state index is 14.5. The van der Waals surface area contributed by atoms with Crippen LogP contribution in [0.25, 0.3) is 11.0 Å². The molecule has 1 aliphatic rings. The zero-order valence-corrected chi connectivity index (χ0v) is 20.4. The van der Waals surface area contributed by atoms with Gasteiger partial charge in [0.05, 0.1) is 27.8 Å². The van der Waals surface area contributed by atoms with Crippen molar-refractivity contribution in [1.29, 1.82) is 0 Å². The number of hydrogen-bond acceptors (Lipinski definition) is 6. The van der Waals surface area contributed by atoms with Crippen molar-refractivity contribution in [3.05, 3.63) is 82.8 Å². The minimum atomic E-state index is -4.72. The molecule has 1 aromatic heterocycles. The lowest BCUT2D eigenvalue weighted by Gasteiger charge is -2.28. The second-order valence-electron chi connectivity index (χ2n) is 8.51. The van der Waals surface area contributed by atoms with Crippen molar-refractivity contribution in [1.82, 2.24) is 15.3 Å². The van der Waals surface area contributed by atoms with Crippen LogP contribution in [-0.2, 0) is 6.18 Å². The Kier molecular flexibility index (Phi) is 7.04. The summed E-state index contributed by atoms with van der Waals surface area (Å²) in [4.78, 5) is 23.8. The molecule has 2 N–H and O–H groups in total. The fourth-order valence-corrected chi connectivity index (χ4v) is 4.19. The lowest BCUT2D eigenvalue weighted by molar-refractivity contribution is -0.137. The topological polar surface area (TPSA) is 79.4 Å². The molecule has 0 spiro atoms. The monoisotopic (exact) mass is 545 g/mol. The number of piperazine rings is 1. The van der Waals surface area contributed by atoms with Gasteiger partial charge in [-0.2, -0.15) is 13.2 Å². The SMILES string of the molecule is O=C(Nc1ccc(F)c(Oc2ccc3ncc(N4CCNCC4)nc3c2)c1)c1ccc(Cl)c(C(F)(F)F)c1. The van der Waals surface area contributed by atoms with Crippen molar-refractivity contribution in [2.45, 2.75) is 6.18 Å². The summed E-state index contributed by atoms with van der Waals surface area (Å²) in [5.74, 6) is -0.705. The molecular formula is C26H20ClF4N5O2. The molecule has 1 amide bonds. The van der Waals surface area contributed by atoms with Gasteiger partial charge in [-0.1, -0.05) is 11.6 Å². The molecule has 0 aliphatic carbocycles. The molecule has 5 rings (SSSR count). The van der Waals surface area contributed by atoms with Crippen molar-refractivity contribution < 1.29 is 27.1 Å². The first kappa shape index (κ1) is 25.7. The van der Waals surface area contributed by atoms with Crippen molar-refractivity contribution in [2.24, 2.45) is 0 Å². The van der Waals surface area contributed by atoms with Crippen LogP contribution in [0.5, 0.6) is 11.5 Å². The Bertz CT molecular complexity index is 1510. The largest absolute Gasteiger partial charge is 0.454 e. The van der Waals surface area contributed by atoms with Crippen LogP contribution in [0, 0.1) is 5.82 Å². The molecule has 4 aromatic rings. The number of nitrogens with one attached hydrogen (secondary N) is 2. The highest BCUT2D eigenvalue weighted by molar-refractivity contribution is 6.31. The first-order valence-electron chi connectivity index (χ1n) is 11.6. The number of hydrogen-bond donors (Lipinski definition) is 2. The molecule has 2 heterocycles. The molecule has 1 aliphatic heterocycles. The molecule has 3 aromatic carbocycles. The Morgan fingerprint density at radius 3 is 2.58 bits per heavy atom. The third-order valence-electron chi connectivity index (χ3n) is 5.89. The summed E-state index contributed by atoms with van der Waals surface area (Å²) in [5.41, 5.74) is -0.0710. The molecule has 7 nitrogen and oxygen atoms in total. The normalized spacial score (nSPS) is 14.0. The van der Waals surface area contributed by atoms with Gasteiger partial charge in [0, 0.05) is 49.6 Å². The van der Waals surface area contributed by atoms with E-state index in [0.29, 0.717) is 22.8 Å². The van der Waals surface area contributed by atoms with E-state index < -0.39 is 28.5 Å². The van der Waals surface area contributed by atoms with Gasteiger partial charge >= 0.3 is 6.18 Å². The van der Waals surface area contributed by atoms with E-state index in [-0.39, 0.29) is 17.0 Å². The predicted molar refractivity (Wildman–Crippen MR) is 136 cm³/mol. The average molecular weight is 546 g/mol. The number of alkyl halides is 3. The number of carbonyl (C=O) groups is 1. The van der Waals surface area contributed by atoms with E-state index >= 15 is 0 Å². The molecule has 196 valence electrons. The average Bonchev–Trinajstić information content (AvgIpc) is 2.90. The smallest absolute Gasteiger partial charge is 0.417 e. The van der Waals surface area contributed by atoms with Crippen LogP contribution < -0.4 is 20.3 Å². The lowest BCUT2D eigenvalue weighted by atomic mass is 10.1. The summed E-state index contributed by atoms with van der Waals surface area (Å²) < 4.78 is 59.7. The summed E-state index contributed by atoms with van der Waals surface area (Å²) >= 11 is 5.62. The maximum Gasteiger partial charge on any atom is 0.417 e. The maximum absolute atomic E-state index is 14.5. The Morgan fingerprint density at radius 2 is 1.82 bits per heavy atom. The van der Waals surface area contributed by atoms with Crippen molar-refractivity contribution >= 4 is 40.0 Å². The lowest BCUT2D eigenvalue weighted by Crippen LogP contribution is -2.43. The minimum Gasteiger partial charge on any atom is -0.454 e. The molecule has 1 fully saturated rings. The Labute approximate surface area is 219 Å². The molecule has 12 heteroatoms. The number of ether oxygens (including phenoxy) is 1. The van der Waals surface area contributed by atoms with Gasteiger partial charge in [-0.05, 0) is 42.5 Å². The highest BCUT2D eigenvalue weighted by Gasteiger charge is 2.33. The quantitative estimate of drug-likeness (QED) is 0.304. The zero-order chi connectivity index (χ0) is 26.9.